The van der Waals surface area contributed by atoms with Gasteiger partial charge in [0.25, 0.3) is 0 Å². The Morgan fingerprint density at radius 3 is 2.78 bits per heavy atom. The van der Waals surface area contributed by atoms with E-state index in [0.29, 0.717) is 6.04 Å². The van der Waals surface area contributed by atoms with Crippen molar-refractivity contribution < 1.29 is 4.74 Å². The summed E-state index contributed by atoms with van der Waals surface area (Å²) in [5.41, 5.74) is 2.16. The van der Waals surface area contributed by atoms with Crippen molar-refractivity contribution in [2.75, 3.05) is 20.2 Å². The van der Waals surface area contributed by atoms with Gasteiger partial charge in [-0.15, -0.1) is 0 Å². The highest BCUT2D eigenvalue weighted by molar-refractivity contribution is 5.69. The van der Waals surface area contributed by atoms with Gasteiger partial charge in [0.2, 0.25) is 0 Å². The second kappa shape index (κ2) is 7.88. The van der Waals surface area contributed by atoms with E-state index >= 15 is 0 Å². The molecule has 1 saturated heterocycles. The average molecular weight is 309 g/mol. The number of likely N-dealkylation sites (N-methyl/N-ethyl adjacent to an activating group) is 1. The molecule has 0 spiro atoms. The zero-order chi connectivity index (χ0) is 15.9. The highest BCUT2D eigenvalue weighted by Gasteiger charge is 2.19. The molecule has 1 aliphatic heterocycles. The molecule has 1 atom stereocenters. The lowest BCUT2D eigenvalue weighted by Gasteiger charge is -2.32. The minimum absolute atomic E-state index is 0.514. The van der Waals surface area contributed by atoms with Crippen molar-refractivity contribution in [1.29, 1.82) is 0 Å². The predicted octanol–water partition coefficient (Wildman–Crippen LogP) is 3.51. The smallest absolute Gasteiger partial charge is 0.138 e. The van der Waals surface area contributed by atoms with Gasteiger partial charge in [0, 0.05) is 24.6 Å². The zero-order valence-electron chi connectivity index (χ0n) is 13.6. The summed E-state index contributed by atoms with van der Waals surface area (Å²) in [5.74, 6) is 0.834. The van der Waals surface area contributed by atoms with Gasteiger partial charge in [-0.1, -0.05) is 18.6 Å². The quantitative estimate of drug-likeness (QED) is 0.847. The Morgan fingerprint density at radius 2 is 1.96 bits per heavy atom. The van der Waals surface area contributed by atoms with E-state index in [2.05, 4.69) is 28.0 Å². The van der Waals surface area contributed by atoms with Crippen molar-refractivity contribution in [3.8, 4) is 5.75 Å². The van der Waals surface area contributed by atoms with E-state index in [1.165, 1.54) is 25.8 Å². The van der Waals surface area contributed by atoms with Gasteiger partial charge in [0.05, 0.1) is 6.20 Å². The molecule has 4 nitrogen and oxygen atoms in total. The van der Waals surface area contributed by atoms with E-state index in [9.17, 15) is 0 Å². The topological polar surface area (TPSA) is 38.2 Å². The first-order chi connectivity index (χ1) is 11.3. The summed E-state index contributed by atoms with van der Waals surface area (Å²) in [7, 11) is 2.18. The monoisotopic (exact) mass is 309 g/mol. The second-order valence-corrected chi connectivity index (χ2v) is 6.01. The first kappa shape index (κ1) is 15.7. The normalized spacial score (nSPS) is 19.1. The van der Waals surface area contributed by atoms with Gasteiger partial charge in [-0.05, 0) is 55.8 Å². The molecule has 0 saturated carbocycles. The van der Waals surface area contributed by atoms with Crippen molar-refractivity contribution in [3.63, 3.8) is 0 Å². The Labute approximate surface area is 137 Å². The van der Waals surface area contributed by atoms with Gasteiger partial charge >= 0.3 is 0 Å². The van der Waals surface area contributed by atoms with Gasteiger partial charge < -0.3 is 9.64 Å². The van der Waals surface area contributed by atoms with Crippen LogP contribution in [0.15, 0.2) is 43.0 Å². The average Bonchev–Trinajstić information content (AvgIpc) is 2.61. The van der Waals surface area contributed by atoms with Crippen LogP contribution in [-0.2, 0) is 0 Å². The van der Waals surface area contributed by atoms with Crippen LogP contribution in [0.25, 0.3) is 12.2 Å². The first-order valence-corrected chi connectivity index (χ1v) is 8.17. The summed E-state index contributed by atoms with van der Waals surface area (Å²) < 4.78 is 5.96. The molecular formula is C19H23N3O. The lowest BCUT2D eigenvalue weighted by atomic mass is 10.0. The zero-order valence-corrected chi connectivity index (χ0v) is 13.6. The number of nitrogens with zero attached hydrogens (tertiary/aromatic N) is 3. The molecule has 3 rings (SSSR count). The third-order valence-corrected chi connectivity index (χ3v) is 4.27. The third kappa shape index (κ3) is 4.63. The summed E-state index contributed by atoms with van der Waals surface area (Å²) in [6.45, 7) is 1.90. The number of pyridine rings is 2. The summed E-state index contributed by atoms with van der Waals surface area (Å²) in [4.78, 5) is 10.7. The molecule has 1 aliphatic rings. The van der Waals surface area contributed by atoms with Gasteiger partial charge in [-0.25, -0.2) is 0 Å². The lowest BCUT2D eigenvalue weighted by molar-refractivity contribution is 0.125. The highest BCUT2D eigenvalue weighted by Crippen LogP contribution is 2.18. The lowest BCUT2D eigenvalue weighted by Crippen LogP contribution is -2.40. The summed E-state index contributed by atoms with van der Waals surface area (Å²) >= 11 is 0. The maximum atomic E-state index is 5.96. The number of hydrogen-bond donors (Lipinski definition) is 0. The number of hydrogen-bond acceptors (Lipinski definition) is 4. The molecule has 2 aromatic rings. The number of ether oxygens (including phenoxy) is 1. The van der Waals surface area contributed by atoms with Crippen LogP contribution in [0.3, 0.4) is 0 Å². The molecule has 2 aromatic heterocycles. The van der Waals surface area contributed by atoms with E-state index in [4.69, 9.17) is 4.74 Å². The molecule has 3 heterocycles. The molecule has 0 amide bonds. The number of aromatic nitrogens is 2. The van der Waals surface area contributed by atoms with E-state index in [0.717, 1.165) is 23.5 Å². The van der Waals surface area contributed by atoms with Crippen LogP contribution in [0, 0.1) is 0 Å². The van der Waals surface area contributed by atoms with Crippen LogP contribution in [0.4, 0.5) is 0 Å². The molecular weight excluding hydrogens is 286 g/mol. The van der Waals surface area contributed by atoms with Crippen molar-refractivity contribution in [2.24, 2.45) is 0 Å². The van der Waals surface area contributed by atoms with E-state index < -0.39 is 0 Å². The predicted molar refractivity (Wildman–Crippen MR) is 93.2 cm³/mol. The maximum Gasteiger partial charge on any atom is 0.138 e. The van der Waals surface area contributed by atoms with Crippen LogP contribution >= 0.6 is 0 Å². The maximum absolute atomic E-state index is 5.96. The summed E-state index contributed by atoms with van der Waals surface area (Å²) in [5, 5.41) is 0. The second-order valence-electron chi connectivity index (χ2n) is 6.01. The van der Waals surface area contributed by atoms with Gasteiger partial charge in [-0.2, -0.15) is 0 Å². The minimum Gasteiger partial charge on any atom is -0.490 e. The Hall–Kier alpha value is -2.20. The van der Waals surface area contributed by atoms with Crippen molar-refractivity contribution in [1.82, 2.24) is 14.9 Å². The Kier molecular flexibility index (Phi) is 5.37. The fourth-order valence-electron chi connectivity index (χ4n) is 2.82. The highest BCUT2D eigenvalue weighted by atomic mass is 16.5. The first-order valence-electron chi connectivity index (χ1n) is 8.17. The Balaban J connectivity index is 1.60. The van der Waals surface area contributed by atoms with E-state index in [1.54, 1.807) is 18.6 Å². The standard InChI is InChI=1S/C19H23N3O/c1-22-11-3-2-4-18(22)15-23-19-12-17(13-21-14-19)6-5-16-7-9-20-10-8-16/h5-10,12-14,18H,2-4,11,15H2,1H3. The van der Waals surface area contributed by atoms with E-state index in [-0.39, 0.29) is 0 Å². The van der Waals surface area contributed by atoms with Crippen LogP contribution in [-0.4, -0.2) is 41.1 Å². The fourth-order valence-corrected chi connectivity index (χ4v) is 2.82. The molecule has 0 N–H and O–H groups in total. The Bertz CT molecular complexity index is 642. The van der Waals surface area contributed by atoms with Crippen molar-refractivity contribution in [2.45, 2.75) is 25.3 Å². The van der Waals surface area contributed by atoms with Crippen molar-refractivity contribution in [3.05, 3.63) is 54.1 Å². The number of rotatable bonds is 5. The van der Waals surface area contributed by atoms with Gasteiger partial charge in [-0.3, -0.25) is 9.97 Å². The van der Waals surface area contributed by atoms with Crippen LogP contribution in [0.2, 0.25) is 0 Å². The molecule has 23 heavy (non-hydrogen) atoms. The molecule has 0 bridgehead atoms. The molecule has 4 heteroatoms. The van der Waals surface area contributed by atoms with Gasteiger partial charge in [0.1, 0.15) is 12.4 Å². The fraction of sp³-hybridized carbons (Fsp3) is 0.368. The molecule has 0 radical (unpaired) electrons. The Morgan fingerprint density at radius 1 is 1.13 bits per heavy atom. The molecule has 1 fully saturated rings. The van der Waals surface area contributed by atoms with Crippen LogP contribution in [0.1, 0.15) is 30.4 Å². The number of piperidine rings is 1. The van der Waals surface area contributed by atoms with Gasteiger partial charge in [0.15, 0.2) is 0 Å². The largest absolute Gasteiger partial charge is 0.490 e. The van der Waals surface area contributed by atoms with Crippen LogP contribution < -0.4 is 4.74 Å². The van der Waals surface area contributed by atoms with E-state index in [1.807, 2.05) is 30.5 Å². The summed E-state index contributed by atoms with van der Waals surface area (Å²) in [6, 6.07) is 6.50. The molecule has 0 aromatic carbocycles. The van der Waals surface area contributed by atoms with Crippen molar-refractivity contribution >= 4 is 12.2 Å². The molecule has 0 aliphatic carbocycles. The molecule has 1 unspecified atom stereocenters. The number of likely N-dealkylation sites (tertiary alicyclic amines) is 1. The summed E-state index contributed by atoms with van der Waals surface area (Å²) in [6.07, 6.45) is 15.1. The SMILES string of the molecule is CN1CCCCC1COc1cncc(C=Cc2ccncc2)c1. The third-order valence-electron chi connectivity index (χ3n) is 4.27. The minimum atomic E-state index is 0.514. The van der Waals surface area contributed by atoms with Crippen LogP contribution in [0.5, 0.6) is 5.75 Å². The molecule has 120 valence electrons.